The summed E-state index contributed by atoms with van der Waals surface area (Å²) in [6.07, 6.45) is -4.96. The summed E-state index contributed by atoms with van der Waals surface area (Å²) in [6, 6.07) is 5.82. The molecule has 24 heavy (non-hydrogen) atoms. The Morgan fingerprint density at radius 2 is 1.88 bits per heavy atom. The van der Waals surface area contributed by atoms with E-state index < -0.39 is 32.6 Å². The van der Waals surface area contributed by atoms with Gasteiger partial charge in [-0.2, -0.15) is 13.2 Å². The fourth-order valence-electron chi connectivity index (χ4n) is 1.82. The van der Waals surface area contributed by atoms with E-state index in [0.29, 0.717) is 6.07 Å². The predicted octanol–water partition coefficient (Wildman–Crippen LogP) is 2.70. The van der Waals surface area contributed by atoms with Crippen LogP contribution in [0.3, 0.4) is 0 Å². The molecule has 1 amide bonds. The normalized spacial score (nSPS) is 12.0. The van der Waals surface area contributed by atoms with Crippen LogP contribution in [0.2, 0.25) is 0 Å². The Morgan fingerprint density at radius 3 is 2.42 bits per heavy atom. The van der Waals surface area contributed by atoms with Gasteiger partial charge in [0, 0.05) is 6.20 Å². The van der Waals surface area contributed by atoms with Gasteiger partial charge in [0.25, 0.3) is 0 Å². The number of carboxylic acid groups (broad SMARTS) is 1. The van der Waals surface area contributed by atoms with Crippen LogP contribution in [0.1, 0.15) is 11.3 Å². The topological polar surface area (TPSA) is 96.4 Å². The van der Waals surface area contributed by atoms with Crippen LogP contribution in [0.5, 0.6) is 0 Å². The van der Waals surface area contributed by atoms with E-state index in [0.717, 1.165) is 30.5 Å². The van der Waals surface area contributed by atoms with Crippen molar-refractivity contribution in [2.45, 2.75) is 22.5 Å². The number of benzene rings is 1. The summed E-state index contributed by atoms with van der Waals surface area (Å²) < 4.78 is 62.8. The van der Waals surface area contributed by atoms with Gasteiger partial charge >= 0.3 is 12.3 Å². The van der Waals surface area contributed by atoms with Gasteiger partial charge in [0.15, 0.2) is 0 Å². The molecular weight excluding hydrogens is 349 g/mol. The van der Waals surface area contributed by atoms with E-state index in [1.807, 2.05) is 0 Å². The Balaban J connectivity index is 2.32. The molecule has 1 aromatic heterocycles. The average molecular weight is 360 g/mol. The molecule has 0 aliphatic heterocycles. The second kappa shape index (κ2) is 6.48. The third kappa shape index (κ3) is 4.02. The molecule has 0 atom stereocenters. The van der Waals surface area contributed by atoms with Gasteiger partial charge < -0.3 is 10.4 Å². The van der Waals surface area contributed by atoms with Crippen LogP contribution in [-0.2, 0) is 22.6 Å². The molecule has 2 N–H and O–H groups in total. The molecule has 1 aromatic carbocycles. The molecule has 0 radical (unpaired) electrons. The molecule has 1 heterocycles. The highest BCUT2D eigenvalue weighted by Crippen LogP contribution is 2.31. The second-order valence-corrected chi connectivity index (χ2v) is 6.62. The summed E-state index contributed by atoms with van der Waals surface area (Å²) in [5, 5.41) is 10.5. The van der Waals surface area contributed by atoms with Gasteiger partial charge in [-0.05, 0) is 30.3 Å². The molecular formula is C14H11F3N2O4S. The van der Waals surface area contributed by atoms with Gasteiger partial charge in [-0.3, -0.25) is 4.98 Å². The minimum atomic E-state index is -4.66. The van der Waals surface area contributed by atoms with Crippen molar-refractivity contribution in [3.8, 4) is 0 Å². The molecule has 10 heteroatoms. The summed E-state index contributed by atoms with van der Waals surface area (Å²) in [6.45, 7) is -0.126. The van der Waals surface area contributed by atoms with Crippen molar-refractivity contribution in [3.05, 3.63) is 53.9 Å². The van der Waals surface area contributed by atoms with Gasteiger partial charge in [-0.1, -0.05) is 6.07 Å². The van der Waals surface area contributed by atoms with E-state index in [1.165, 1.54) is 6.07 Å². The maximum absolute atomic E-state index is 12.7. The van der Waals surface area contributed by atoms with Crippen molar-refractivity contribution in [2.24, 2.45) is 0 Å². The minimum absolute atomic E-state index is 0.126. The number of halogens is 3. The number of sulfone groups is 1. The lowest BCUT2D eigenvalue weighted by molar-refractivity contribution is -0.137. The quantitative estimate of drug-likeness (QED) is 0.874. The molecule has 2 aromatic rings. The van der Waals surface area contributed by atoms with Crippen LogP contribution in [0.25, 0.3) is 0 Å². The highest BCUT2D eigenvalue weighted by molar-refractivity contribution is 7.91. The first-order valence-electron chi connectivity index (χ1n) is 6.45. The number of alkyl halides is 3. The monoisotopic (exact) mass is 360 g/mol. The van der Waals surface area contributed by atoms with Gasteiger partial charge in [-0.15, -0.1) is 0 Å². The maximum Gasteiger partial charge on any atom is 0.416 e. The zero-order chi connectivity index (χ0) is 18.0. The summed E-state index contributed by atoms with van der Waals surface area (Å²) in [5.41, 5.74) is -0.806. The van der Waals surface area contributed by atoms with E-state index in [-0.39, 0.29) is 17.1 Å². The summed E-state index contributed by atoms with van der Waals surface area (Å²) in [4.78, 5) is 13.4. The molecule has 0 fully saturated rings. The minimum Gasteiger partial charge on any atom is -0.465 e. The first-order chi connectivity index (χ1) is 11.1. The first-order valence-corrected chi connectivity index (χ1v) is 7.93. The van der Waals surface area contributed by atoms with E-state index in [4.69, 9.17) is 5.11 Å². The van der Waals surface area contributed by atoms with E-state index in [1.54, 1.807) is 0 Å². The van der Waals surface area contributed by atoms with Gasteiger partial charge in [0.05, 0.1) is 27.6 Å². The number of nitrogens with zero attached hydrogens (tertiary/aromatic N) is 1. The molecule has 0 saturated heterocycles. The number of amides is 1. The van der Waals surface area contributed by atoms with Crippen molar-refractivity contribution in [1.82, 2.24) is 10.3 Å². The van der Waals surface area contributed by atoms with Crippen molar-refractivity contribution in [1.29, 1.82) is 0 Å². The lowest BCUT2D eigenvalue weighted by atomic mass is 10.2. The SMILES string of the molecule is O=C(O)NCc1ccc(S(=O)(=O)c2cccc(C(F)(F)F)c2)cn1. The summed E-state index contributed by atoms with van der Waals surface area (Å²) in [5.74, 6) is 0. The second-order valence-electron chi connectivity index (χ2n) is 4.67. The Hall–Kier alpha value is -2.62. The van der Waals surface area contributed by atoms with Crippen LogP contribution in [0.15, 0.2) is 52.4 Å². The molecule has 0 bridgehead atoms. The number of carbonyl (C=O) groups is 1. The molecule has 2 rings (SSSR count). The van der Waals surface area contributed by atoms with Crippen molar-refractivity contribution in [3.63, 3.8) is 0 Å². The third-order valence-electron chi connectivity index (χ3n) is 3.00. The molecule has 0 spiro atoms. The number of pyridine rings is 1. The summed E-state index contributed by atoms with van der Waals surface area (Å²) in [7, 11) is -4.17. The zero-order valence-electron chi connectivity index (χ0n) is 11.9. The largest absolute Gasteiger partial charge is 0.465 e. The molecule has 6 nitrogen and oxygen atoms in total. The lowest BCUT2D eigenvalue weighted by Crippen LogP contribution is -2.20. The van der Waals surface area contributed by atoms with Crippen molar-refractivity contribution in [2.75, 3.05) is 0 Å². The van der Waals surface area contributed by atoms with Crippen LogP contribution < -0.4 is 5.32 Å². The van der Waals surface area contributed by atoms with E-state index in [9.17, 15) is 26.4 Å². The van der Waals surface area contributed by atoms with E-state index >= 15 is 0 Å². The lowest BCUT2D eigenvalue weighted by Gasteiger charge is -2.09. The van der Waals surface area contributed by atoms with Crippen LogP contribution >= 0.6 is 0 Å². The molecule has 0 aliphatic rings. The fourth-order valence-corrected chi connectivity index (χ4v) is 3.07. The Bertz CT molecular complexity index is 849. The van der Waals surface area contributed by atoms with Gasteiger partial charge in [0.1, 0.15) is 0 Å². The average Bonchev–Trinajstić information content (AvgIpc) is 2.52. The first kappa shape index (κ1) is 17.7. The van der Waals surface area contributed by atoms with Gasteiger partial charge in [-0.25, -0.2) is 13.2 Å². The number of nitrogens with one attached hydrogen (secondary N) is 1. The molecule has 0 aliphatic carbocycles. The predicted molar refractivity (Wildman–Crippen MR) is 76.0 cm³/mol. The van der Waals surface area contributed by atoms with Crippen molar-refractivity contribution >= 4 is 15.9 Å². The number of aromatic nitrogens is 1. The molecule has 0 saturated carbocycles. The Kier molecular flexibility index (Phi) is 4.78. The third-order valence-corrected chi connectivity index (χ3v) is 4.74. The zero-order valence-corrected chi connectivity index (χ0v) is 12.7. The fraction of sp³-hybridized carbons (Fsp3) is 0.143. The van der Waals surface area contributed by atoms with Crippen LogP contribution in [0.4, 0.5) is 18.0 Å². The van der Waals surface area contributed by atoms with Crippen LogP contribution in [-0.4, -0.2) is 24.6 Å². The van der Waals surface area contributed by atoms with Crippen LogP contribution in [0, 0.1) is 0 Å². The van der Waals surface area contributed by atoms with Crippen molar-refractivity contribution < 1.29 is 31.5 Å². The molecule has 128 valence electrons. The maximum atomic E-state index is 12.7. The Labute approximate surface area is 134 Å². The Morgan fingerprint density at radius 1 is 1.17 bits per heavy atom. The number of hydrogen-bond acceptors (Lipinski definition) is 4. The number of rotatable bonds is 4. The highest BCUT2D eigenvalue weighted by Gasteiger charge is 2.32. The smallest absolute Gasteiger partial charge is 0.416 e. The van der Waals surface area contributed by atoms with E-state index in [2.05, 4.69) is 10.3 Å². The van der Waals surface area contributed by atoms with Gasteiger partial charge in [0.2, 0.25) is 9.84 Å². The molecule has 0 unspecified atom stereocenters. The highest BCUT2D eigenvalue weighted by atomic mass is 32.2. The number of hydrogen-bond donors (Lipinski definition) is 2. The standard InChI is InChI=1S/C14H11F3N2O4S/c15-14(16,17)9-2-1-3-11(6-9)24(22,23)12-5-4-10(18-8-12)7-19-13(20)21/h1-6,8,19H,7H2,(H,20,21). The summed E-state index contributed by atoms with van der Waals surface area (Å²) >= 11 is 0.